The summed E-state index contributed by atoms with van der Waals surface area (Å²) in [5.41, 5.74) is 2.89. The van der Waals surface area contributed by atoms with Gasteiger partial charge in [0.1, 0.15) is 6.54 Å². The molecule has 1 aliphatic heterocycles. The average molecular weight is 408 g/mol. The first-order valence-electron chi connectivity index (χ1n) is 8.66. The van der Waals surface area contributed by atoms with E-state index in [-0.39, 0.29) is 12.5 Å². The van der Waals surface area contributed by atoms with Crippen molar-refractivity contribution >= 4 is 50.7 Å². The van der Waals surface area contributed by atoms with Crippen LogP contribution in [0, 0.1) is 0 Å². The number of carbonyl (C=O) groups is 1. The zero-order valence-electron chi connectivity index (χ0n) is 14.6. The van der Waals surface area contributed by atoms with Crippen molar-refractivity contribution in [2.45, 2.75) is 16.3 Å². The number of benzene rings is 3. The van der Waals surface area contributed by atoms with Crippen LogP contribution >= 0.6 is 11.6 Å². The molecule has 3 aromatic carbocycles. The molecule has 1 amide bonds. The third kappa shape index (κ3) is 2.65. The van der Waals surface area contributed by atoms with Gasteiger partial charge in [0.2, 0.25) is 0 Å². The summed E-state index contributed by atoms with van der Waals surface area (Å²) in [4.78, 5) is 20.5. The quantitative estimate of drug-likeness (QED) is 0.490. The third-order valence-electron chi connectivity index (χ3n) is 4.75. The van der Waals surface area contributed by atoms with Crippen molar-refractivity contribution in [3.63, 3.8) is 0 Å². The predicted molar refractivity (Wildman–Crippen MR) is 109 cm³/mol. The van der Waals surface area contributed by atoms with E-state index in [1.807, 2.05) is 41.0 Å². The van der Waals surface area contributed by atoms with Crippen LogP contribution < -0.4 is 4.90 Å². The SMILES string of the molecule is O=C(Cn1cnc2ccccc21)N1c2ccccc2S(=O)c2ccc(Cl)cc21. The molecule has 138 valence electrons. The van der Waals surface area contributed by atoms with Crippen LogP contribution in [-0.2, 0) is 22.1 Å². The second-order valence-electron chi connectivity index (χ2n) is 6.44. The van der Waals surface area contributed by atoms with Gasteiger partial charge in [0.05, 0.1) is 49.3 Å². The lowest BCUT2D eigenvalue weighted by molar-refractivity contribution is -0.118. The van der Waals surface area contributed by atoms with Crippen LogP contribution in [-0.4, -0.2) is 19.7 Å². The molecule has 1 unspecified atom stereocenters. The van der Waals surface area contributed by atoms with E-state index in [2.05, 4.69) is 4.98 Å². The molecule has 0 bridgehead atoms. The Kier molecular flexibility index (Phi) is 4.03. The standard InChI is InChI=1S/C21H14ClN3O2S/c22-14-9-10-20-18(11-14)25(17-7-3-4-8-19(17)28(20)27)21(26)12-24-13-23-15-5-1-2-6-16(15)24/h1-11,13H,12H2. The summed E-state index contributed by atoms with van der Waals surface area (Å²) in [6.07, 6.45) is 1.66. The number of para-hydroxylation sites is 3. The van der Waals surface area contributed by atoms with E-state index in [4.69, 9.17) is 11.6 Å². The number of halogens is 1. The molecular formula is C21H14ClN3O2S. The van der Waals surface area contributed by atoms with Crippen molar-refractivity contribution < 1.29 is 9.00 Å². The minimum Gasteiger partial charge on any atom is -0.321 e. The first-order valence-corrected chi connectivity index (χ1v) is 10.2. The van der Waals surface area contributed by atoms with Gasteiger partial charge in [0, 0.05) is 5.02 Å². The fraction of sp³-hybridized carbons (Fsp3) is 0.0476. The van der Waals surface area contributed by atoms with Crippen LogP contribution in [0.15, 0.2) is 82.8 Å². The molecule has 0 saturated carbocycles. The van der Waals surface area contributed by atoms with Crippen molar-refractivity contribution in [3.05, 3.63) is 78.1 Å². The van der Waals surface area contributed by atoms with Gasteiger partial charge >= 0.3 is 0 Å². The minimum atomic E-state index is -1.37. The summed E-state index contributed by atoms with van der Waals surface area (Å²) >= 11 is 6.19. The molecule has 1 aliphatic rings. The molecule has 2 heterocycles. The molecule has 5 rings (SSSR count). The van der Waals surface area contributed by atoms with E-state index < -0.39 is 10.8 Å². The van der Waals surface area contributed by atoms with Crippen LogP contribution in [0.4, 0.5) is 11.4 Å². The van der Waals surface area contributed by atoms with Gasteiger partial charge in [-0.15, -0.1) is 0 Å². The van der Waals surface area contributed by atoms with Crippen molar-refractivity contribution in [3.8, 4) is 0 Å². The Morgan fingerprint density at radius 2 is 1.71 bits per heavy atom. The van der Waals surface area contributed by atoms with Crippen molar-refractivity contribution in [1.82, 2.24) is 9.55 Å². The van der Waals surface area contributed by atoms with Crippen LogP contribution in [0.3, 0.4) is 0 Å². The van der Waals surface area contributed by atoms with E-state index in [1.165, 1.54) is 0 Å². The molecule has 28 heavy (non-hydrogen) atoms. The van der Waals surface area contributed by atoms with Crippen LogP contribution in [0.2, 0.25) is 5.02 Å². The Hall–Kier alpha value is -2.96. The number of carbonyl (C=O) groups excluding carboxylic acids is 1. The topological polar surface area (TPSA) is 55.2 Å². The zero-order chi connectivity index (χ0) is 19.3. The van der Waals surface area contributed by atoms with Crippen LogP contribution in [0.5, 0.6) is 0 Å². The molecule has 0 N–H and O–H groups in total. The number of fused-ring (bicyclic) bond motifs is 3. The van der Waals surface area contributed by atoms with Gasteiger partial charge in [-0.2, -0.15) is 0 Å². The van der Waals surface area contributed by atoms with E-state index >= 15 is 0 Å². The maximum atomic E-state index is 13.4. The lowest BCUT2D eigenvalue weighted by Gasteiger charge is -2.31. The second-order valence-corrected chi connectivity index (χ2v) is 8.29. The first kappa shape index (κ1) is 17.2. The second kappa shape index (κ2) is 6.58. The predicted octanol–water partition coefficient (Wildman–Crippen LogP) is 4.53. The lowest BCUT2D eigenvalue weighted by Crippen LogP contribution is -2.33. The highest BCUT2D eigenvalue weighted by Gasteiger charge is 2.32. The Morgan fingerprint density at radius 1 is 0.964 bits per heavy atom. The molecule has 7 heteroatoms. The normalized spacial score (nSPS) is 15.3. The smallest absolute Gasteiger partial charge is 0.251 e. The van der Waals surface area contributed by atoms with Crippen molar-refractivity contribution in [2.75, 3.05) is 4.90 Å². The number of amides is 1. The molecule has 0 saturated heterocycles. The van der Waals surface area contributed by atoms with Gasteiger partial charge in [-0.1, -0.05) is 35.9 Å². The fourth-order valence-corrected chi connectivity index (χ4v) is 4.98. The molecule has 5 nitrogen and oxygen atoms in total. The molecule has 1 atom stereocenters. The molecule has 4 aromatic rings. The van der Waals surface area contributed by atoms with E-state index in [1.54, 1.807) is 41.6 Å². The van der Waals surface area contributed by atoms with Crippen LogP contribution in [0.1, 0.15) is 0 Å². The van der Waals surface area contributed by atoms with Gasteiger partial charge in [-0.05, 0) is 42.5 Å². The van der Waals surface area contributed by atoms with E-state index in [9.17, 15) is 9.00 Å². The highest BCUT2D eigenvalue weighted by molar-refractivity contribution is 7.85. The molecular weight excluding hydrogens is 394 g/mol. The summed E-state index contributed by atoms with van der Waals surface area (Å²) in [6.45, 7) is 0.105. The highest BCUT2D eigenvalue weighted by Crippen LogP contribution is 2.43. The summed E-state index contributed by atoms with van der Waals surface area (Å²) in [5, 5.41) is 0.487. The van der Waals surface area contributed by atoms with Gasteiger partial charge in [-0.3, -0.25) is 9.69 Å². The molecule has 0 fully saturated rings. The van der Waals surface area contributed by atoms with Gasteiger partial charge < -0.3 is 4.57 Å². The van der Waals surface area contributed by atoms with Gasteiger partial charge in [0.25, 0.3) is 5.91 Å². The third-order valence-corrected chi connectivity index (χ3v) is 6.47. The van der Waals surface area contributed by atoms with Crippen LogP contribution in [0.25, 0.3) is 11.0 Å². The number of rotatable bonds is 2. The number of imidazole rings is 1. The maximum Gasteiger partial charge on any atom is 0.251 e. The number of hydrogen-bond acceptors (Lipinski definition) is 3. The van der Waals surface area contributed by atoms with Gasteiger partial charge in [0.15, 0.2) is 0 Å². The monoisotopic (exact) mass is 407 g/mol. The molecule has 0 spiro atoms. The molecule has 0 radical (unpaired) electrons. The van der Waals surface area contributed by atoms with Crippen molar-refractivity contribution in [1.29, 1.82) is 0 Å². The average Bonchev–Trinajstić information content (AvgIpc) is 3.11. The van der Waals surface area contributed by atoms with E-state index in [0.717, 1.165) is 11.0 Å². The Morgan fingerprint density at radius 3 is 2.61 bits per heavy atom. The number of aromatic nitrogens is 2. The first-order chi connectivity index (χ1) is 13.6. The van der Waals surface area contributed by atoms with Crippen molar-refractivity contribution in [2.24, 2.45) is 0 Å². The molecule has 0 aliphatic carbocycles. The summed E-state index contributed by atoms with van der Waals surface area (Å²) in [6, 6.07) is 20.0. The molecule has 1 aromatic heterocycles. The number of anilines is 2. The summed E-state index contributed by atoms with van der Waals surface area (Å²) in [5.74, 6) is -0.157. The van der Waals surface area contributed by atoms with Gasteiger partial charge in [-0.25, -0.2) is 9.19 Å². The Balaban J connectivity index is 1.63. The maximum absolute atomic E-state index is 13.4. The number of hydrogen-bond donors (Lipinski definition) is 0. The lowest BCUT2D eigenvalue weighted by atomic mass is 10.2. The minimum absolute atomic E-state index is 0.105. The Labute approximate surface area is 168 Å². The number of nitrogens with zero attached hydrogens (tertiary/aromatic N) is 3. The summed E-state index contributed by atoms with van der Waals surface area (Å²) < 4.78 is 14.8. The zero-order valence-corrected chi connectivity index (χ0v) is 16.2. The van der Waals surface area contributed by atoms with E-state index in [0.29, 0.717) is 26.2 Å². The largest absolute Gasteiger partial charge is 0.321 e. The Bertz CT molecular complexity index is 1270. The fourth-order valence-electron chi connectivity index (χ4n) is 3.49. The highest BCUT2D eigenvalue weighted by atomic mass is 35.5. The summed E-state index contributed by atoms with van der Waals surface area (Å²) in [7, 11) is -1.37.